The highest BCUT2D eigenvalue weighted by molar-refractivity contribution is 8.00. The van der Waals surface area contributed by atoms with Crippen molar-refractivity contribution in [2.24, 2.45) is 11.1 Å². The number of carboxylic acid groups (broad SMARTS) is 1. The minimum Gasteiger partial charge on any atom is -0.492 e. The van der Waals surface area contributed by atoms with Gasteiger partial charge in [0.15, 0.2) is 6.10 Å². The van der Waals surface area contributed by atoms with E-state index >= 15 is 0 Å². The molecule has 0 bridgehead atoms. The molecule has 2 aliphatic rings. The maximum absolute atomic E-state index is 12.7. The lowest BCUT2D eigenvalue weighted by atomic mass is 9.91. The van der Waals surface area contributed by atoms with Crippen LogP contribution < -0.4 is 9.64 Å². The molecule has 12 heteroatoms. The molecule has 0 radical (unpaired) electrons. The Kier molecular flexibility index (Phi) is 9.54. The van der Waals surface area contributed by atoms with Crippen LogP contribution in [-0.2, 0) is 27.2 Å². The van der Waals surface area contributed by atoms with Gasteiger partial charge in [-0.15, -0.1) is 11.8 Å². The monoisotopic (exact) mass is 576 g/mol. The summed E-state index contributed by atoms with van der Waals surface area (Å²) in [5.41, 5.74) is 2.91. The van der Waals surface area contributed by atoms with Crippen LogP contribution in [-0.4, -0.2) is 65.7 Å². The van der Waals surface area contributed by atoms with Gasteiger partial charge in [-0.3, -0.25) is 4.79 Å². The first-order valence-electron chi connectivity index (χ1n) is 12.4. The number of amides is 1. The first-order chi connectivity index (χ1) is 19.1. The summed E-state index contributed by atoms with van der Waals surface area (Å²) in [7, 11) is 0. The Morgan fingerprint density at radius 2 is 1.90 bits per heavy atom. The molecule has 1 heterocycles. The molecule has 212 valence electrons. The summed E-state index contributed by atoms with van der Waals surface area (Å²) in [6, 6.07) is 12.2. The van der Waals surface area contributed by atoms with Gasteiger partial charge < -0.3 is 24.7 Å². The van der Waals surface area contributed by atoms with Gasteiger partial charge in [0.05, 0.1) is 23.7 Å². The number of carbonyl (C=O) groups excluding carboxylic acids is 1. The van der Waals surface area contributed by atoms with Crippen LogP contribution in [0.2, 0.25) is 0 Å². The van der Waals surface area contributed by atoms with Crippen LogP contribution in [0.1, 0.15) is 11.1 Å². The number of carboxylic acids is 1. The summed E-state index contributed by atoms with van der Waals surface area (Å²) in [5.74, 6) is -0.800. The van der Waals surface area contributed by atoms with E-state index in [9.17, 15) is 28.0 Å². The standard InChI is InChI=1S/C28H27F3N2O6S/c29-28(30,31)17-39-24(27(35)36)14-18-5-8-21(9-6-18)38-12-11-33-23-10-7-19(15-25(23)40-16-26(33)34)13-20-3-1-2-4-22(20)32-37/h1-10,15,20,24,37H,11-14,16-17H2,(H,35,36). The molecule has 1 aliphatic heterocycles. The zero-order valence-electron chi connectivity index (χ0n) is 21.2. The van der Waals surface area contributed by atoms with Gasteiger partial charge in [0.2, 0.25) is 5.91 Å². The summed E-state index contributed by atoms with van der Waals surface area (Å²) < 4.78 is 47.4. The van der Waals surface area contributed by atoms with E-state index in [1.165, 1.54) is 11.8 Å². The van der Waals surface area contributed by atoms with Crippen molar-refractivity contribution < 1.29 is 42.5 Å². The van der Waals surface area contributed by atoms with Gasteiger partial charge in [0.25, 0.3) is 0 Å². The van der Waals surface area contributed by atoms with E-state index < -0.39 is 24.9 Å². The fourth-order valence-electron chi connectivity index (χ4n) is 4.33. The number of halogens is 3. The number of allylic oxidation sites excluding steroid dienone is 4. The topological polar surface area (TPSA) is 109 Å². The van der Waals surface area contributed by atoms with Crippen molar-refractivity contribution in [3.63, 3.8) is 0 Å². The first kappa shape index (κ1) is 29.2. The summed E-state index contributed by atoms with van der Waals surface area (Å²) in [4.78, 5) is 26.6. The number of ether oxygens (including phenoxy) is 2. The molecule has 8 nitrogen and oxygen atoms in total. The first-order valence-corrected chi connectivity index (χ1v) is 13.4. The van der Waals surface area contributed by atoms with Crippen LogP contribution in [0.15, 0.2) is 76.8 Å². The van der Waals surface area contributed by atoms with E-state index in [0.717, 1.165) is 16.1 Å². The molecule has 0 fully saturated rings. The maximum atomic E-state index is 12.7. The molecular formula is C28H27F3N2O6S. The fourth-order valence-corrected chi connectivity index (χ4v) is 5.33. The molecule has 4 rings (SSSR count). The van der Waals surface area contributed by atoms with Crippen molar-refractivity contribution in [1.29, 1.82) is 0 Å². The number of carbonyl (C=O) groups is 2. The Morgan fingerprint density at radius 1 is 1.15 bits per heavy atom. The molecule has 2 aromatic carbocycles. The zero-order valence-corrected chi connectivity index (χ0v) is 22.0. The number of hydrogen-bond donors (Lipinski definition) is 2. The van der Waals surface area contributed by atoms with Gasteiger partial charge in [-0.1, -0.05) is 41.6 Å². The zero-order chi connectivity index (χ0) is 28.7. The third-order valence-electron chi connectivity index (χ3n) is 6.29. The molecular weight excluding hydrogens is 549 g/mol. The van der Waals surface area contributed by atoms with Gasteiger partial charge in [0.1, 0.15) is 19.0 Å². The number of thioether (sulfide) groups is 1. The van der Waals surface area contributed by atoms with E-state index in [2.05, 4.69) is 9.89 Å². The molecule has 2 aromatic rings. The highest BCUT2D eigenvalue weighted by Crippen LogP contribution is 2.36. The van der Waals surface area contributed by atoms with E-state index in [4.69, 9.17) is 9.84 Å². The molecule has 2 atom stereocenters. The number of rotatable bonds is 11. The van der Waals surface area contributed by atoms with Crippen LogP contribution in [0.5, 0.6) is 5.75 Å². The Labute approximate surface area is 232 Å². The van der Waals surface area contributed by atoms with Crippen LogP contribution in [0, 0.1) is 5.92 Å². The molecule has 1 amide bonds. The second-order valence-electron chi connectivity index (χ2n) is 9.17. The third-order valence-corrected chi connectivity index (χ3v) is 7.32. The largest absolute Gasteiger partial charge is 0.492 e. The molecule has 0 spiro atoms. The number of benzene rings is 2. The van der Waals surface area contributed by atoms with Crippen molar-refractivity contribution in [1.82, 2.24) is 0 Å². The normalized spacial score (nSPS) is 18.6. The van der Waals surface area contributed by atoms with E-state index in [0.29, 0.717) is 35.7 Å². The fraction of sp³-hybridized carbons (Fsp3) is 0.321. The van der Waals surface area contributed by atoms with Gasteiger partial charge in [-0.05, 0) is 47.9 Å². The molecule has 1 aliphatic carbocycles. The molecule has 2 unspecified atom stereocenters. The van der Waals surface area contributed by atoms with Gasteiger partial charge >= 0.3 is 12.1 Å². The highest BCUT2D eigenvalue weighted by atomic mass is 32.2. The molecule has 0 saturated heterocycles. The summed E-state index contributed by atoms with van der Waals surface area (Å²) in [5, 5.41) is 21.8. The number of alkyl halides is 3. The molecule has 0 aromatic heterocycles. The van der Waals surface area contributed by atoms with Crippen LogP contribution in [0.25, 0.3) is 0 Å². The smallest absolute Gasteiger partial charge is 0.411 e. The minimum absolute atomic E-state index is 0.0402. The lowest BCUT2D eigenvalue weighted by Crippen LogP contribution is -2.38. The van der Waals surface area contributed by atoms with E-state index in [-0.39, 0.29) is 24.9 Å². The lowest BCUT2D eigenvalue weighted by molar-refractivity contribution is -0.192. The van der Waals surface area contributed by atoms with E-state index in [1.54, 1.807) is 35.2 Å². The molecule has 2 N–H and O–H groups in total. The number of anilines is 1. The number of nitrogens with zero attached hydrogens (tertiary/aromatic N) is 2. The quantitative estimate of drug-likeness (QED) is 0.290. The number of hydrogen-bond acceptors (Lipinski definition) is 7. The van der Waals surface area contributed by atoms with Crippen molar-refractivity contribution in [2.75, 3.05) is 30.4 Å². The summed E-state index contributed by atoms with van der Waals surface area (Å²) >= 11 is 1.47. The van der Waals surface area contributed by atoms with Gasteiger partial charge in [0, 0.05) is 17.2 Å². The average Bonchev–Trinajstić information content (AvgIpc) is 2.92. The molecule has 40 heavy (non-hydrogen) atoms. The second kappa shape index (κ2) is 13.1. The Hall–Kier alpha value is -3.77. The number of oxime groups is 1. The van der Waals surface area contributed by atoms with Crippen molar-refractivity contribution in [2.45, 2.75) is 30.0 Å². The second-order valence-corrected chi connectivity index (χ2v) is 10.2. The summed E-state index contributed by atoms with van der Waals surface area (Å²) in [6.07, 6.45) is 1.67. The van der Waals surface area contributed by atoms with Crippen molar-refractivity contribution in [3.05, 3.63) is 77.9 Å². The highest BCUT2D eigenvalue weighted by Gasteiger charge is 2.31. The van der Waals surface area contributed by atoms with Crippen LogP contribution in [0.3, 0.4) is 0 Å². The maximum Gasteiger partial charge on any atom is 0.411 e. The third kappa shape index (κ3) is 7.89. The Bertz CT molecular complexity index is 1310. The average molecular weight is 577 g/mol. The summed E-state index contributed by atoms with van der Waals surface area (Å²) in [6.45, 7) is -1.14. The van der Waals surface area contributed by atoms with Crippen molar-refractivity contribution in [3.8, 4) is 5.75 Å². The van der Waals surface area contributed by atoms with Gasteiger partial charge in [-0.25, -0.2) is 4.79 Å². The minimum atomic E-state index is -4.62. The van der Waals surface area contributed by atoms with Crippen LogP contribution in [0.4, 0.5) is 18.9 Å². The van der Waals surface area contributed by atoms with E-state index in [1.807, 2.05) is 36.4 Å². The lowest BCUT2D eigenvalue weighted by Gasteiger charge is -2.29. The van der Waals surface area contributed by atoms with Gasteiger partial charge in [-0.2, -0.15) is 13.2 Å². The predicted octanol–water partition coefficient (Wildman–Crippen LogP) is 4.89. The Balaban J connectivity index is 1.32. The predicted molar refractivity (Wildman–Crippen MR) is 143 cm³/mol. The van der Waals surface area contributed by atoms with Crippen molar-refractivity contribution >= 4 is 35.0 Å². The number of fused-ring (bicyclic) bond motifs is 1. The SMILES string of the molecule is O=C(O)C(Cc1ccc(OCCN2C(=O)CSc3cc(CC4C=CC=CC4=NO)ccc32)cc1)OCC(F)(F)F. The molecule has 0 saturated carbocycles. The van der Waals surface area contributed by atoms with Crippen LogP contribution >= 0.6 is 11.8 Å². The number of aliphatic carboxylic acids is 1. The Morgan fingerprint density at radius 3 is 2.60 bits per heavy atom.